The molecule has 0 spiro atoms. The quantitative estimate of drug-likeness (QED) is 0.475. The number of halogens is 1. The van der Waals surface area contributed by atoms with Crippen molar-refractivity contribution in [2.75, 3.05) is 5.75 Å². The number of hydrogen-bond donors (Lipinski definition) is 1. The number of benzene rings is 3. The minimum Gasteiger partial charge on any atom is -0.388 e. The van der Waals surface area contributed by atoms with E-state index in [0.717, 1.165) is 16.8 Å². The van der Waals surface area contributed by atoms with Crippen LogP contribution in [0.4, 0.5) is 4.39 Å². The lowest BCUT2D eigenvalue weighted by atomic mass is 10.1. The van der Waals surface area contributed by atoms with Gasteiger partial charge in [0.2, 0.25) is 0 Å². The highest BCUT2D eigenvalue weighted by atomic mass is 32.2. The lowest BCUT2D eigenvalue weighted by molar-refractivity contribution is 0.204. The molecule has 1 heterocycles. The normalized spacial score (nSPS) is 12.1. The minimum atomic E-state index is -0.621. The van der Waals surface area contributed by atoms with E-state index in [4.69, 9.17) is 0 Å². The van der Waals surface area contributed by atoms with Crippen molar-refractivity contribution in [3.05, 3.63) is 96.3 Å². The fraction of sp³-hybridized carbons (Fsp3) is 0.0909. The first-order valence-electron chi connectivity index (χ1n) is 8.85. The van der Waals surface area contributed by atoms with Crippen LogP contribution in [-0.4, -0.2) is 25.6 Å². The van der Waals surface area contributed by atoms with Crippen LogP contribution in [0, 0.1) is 5.82 Å². The third-order valence-electron chi connectivity index (χ3n) is 4.30. The van der Waals surface area contributed by atoms with Gasteiger partial charge in [0.05, 0.1) is 6.10 Å². The number of rotatable bonds is 6. The van der Waals surface area contributed by atoms with E-state index in [9.17, 15) is 9.50 Å². The molecule has 4 aromatic rings. The molecule has 4 rings (SSSR count). The standard InChI is InChI=1S/C22H18FN3OS/c23-18-11-13-19(14-12-18)26-21(17-9-5-2-6-10-17)24-25-22(26)28-15-20(27)16-7-3-1-4-8-16/h1-14,20,27H,15H2. The number of aliphatic hydroxyl groups excluding tert-OH is 1. The summed E-state index contributed by atoms with van der Waals surface area (Å²) >= 11 is 1.41. The van der Waals surface area contributed by atoms with Gasteiger partial charge in [0.1, 0.15) is 5.82 Å². The molecule has 0 aliphatic rings. The summed E-state index contributed by atoms with van der Waals surface area (Å²) < 4.78 is 15.3. The molecule has 0 saturated heterocycles. The van der Waals surface area contributed by atoms with Crippen LogP contribution in [0.15, 0.2) is 90.1 Å². The van der Waals surface area contributed by atoms with E-state index in [-0.39, 0.29) is 5.82 Å². The van der Waals surface area contributed by atoms with Crippen molar-refractivity contribution >= 4 is 11.8 Å². The first kappa shape index (κ1) is 18.4. The maximum Gasteiger partial charge on any atom is 0.196 e. The highest BCUT2D eigenvalue weighted by Crippen LogP contribution is 2.30. The van der Waals surface area contributed by atoms with Gasteiger partial charge in [-0.05, 0) is 29.8 Å². The molecular formula is C22H18FN3OS. The molecule has 0 amide bonds. The van der Waals surface area contributed by atoms with Crippen molar-refractivity contribution in [1.82, 2.24) is 14.8 Å². The van der Waals surface area contributed by atoms with Gasteiger partial charge in [0, 0.05) is 17.0 Å². The van der Waals surface area contributed by atoms with Crippen LogP contribution in [0.3, 0.4) is 0 Å². The molecule has 1 aromatic heterocycles. The Balaban J connectivity index is 1.67. The molecule has 140 valence electrons. The van der Waals surface area contributed by atoms with Crippen molar-refractivity contribution in [3.63, 3.8) is 0 Å². The number of aliphatic hydroxyl groups is 1. The molecule has 4 nitrogen and oxygen atoms in total. The molecule has 6 heteroatoms. The van der Waals surface area contributed by atoms with Crippen LogP contribution >= 0.6 is 11.8 Å². The maximum absolute atomic E-state index is 13.4. The predicted molar refractivity (Wildman–Crippen MR) is 109 cm³/mol. The summed E-state index contributed by atoms with van der Waals surface area (Å²) in [5, 5.41) is 19.8. The Labute approximate surface area is 166 Å². The van der Waals surface area contributed by atoms with Gasteiger partial charge in [-0.3, -0.25) is 4.57 Å². The fourth-order valence-electron chi connectivity index (χ4n) is 2.89. The average molecular weight is 391 g/mol. The number of thioether (sulfide) groups is 1. The van der Waals surface area contributed by atoms with Crippen LogP contribution in [0.25, 0.3) is 17.1 Å². The van der Waals surface area contributed by atoms with Gasteiger partial charge < -0.3 is 5.11 Å². The molecule has 0 radical (unpaired) electrons. The fourth-order valence-corrected chi connectivity index (χ4v) is 3.80. The minimum absolute atomic E-state index is 0.299. The highest BCUT2D eigenvalue weighted by molar-refractivity contribution is 7.99. The van der Waals surface area contributed by atoms with E-state index in [2.05, 4.69) is 10.2 Å². The van der Waals surface area contributed by atoms with E-state index in [1.807, 2.05) is 65.2 Å². The maximum atomic E-state index is 13.4. The van der Waals surface area contributed by atoms with E-state index >= 15 is 0 Å². The summed E-state index contributed by atoms with van der Waals surface area (Å²) in [5.41, 5.74) is 2.53. The molecule has 1 unspecified atom stereocenters. The molecule has 1 N–H and O–H groups in total. The van der Waals surface area contributed by atoms with E-state index < -0.39 is 6.10 Å². The Kier molecular flexibility index (Phi) is 5.50. The Morgan fingerprint density at radius 3 is 2.18 bits per heavy atom. The Hall–Kier alpha value is -2.96. The number of nitrogens with zero attached hydrogens (tertiary/aromatic N) is 3. The monoisotopic (exact) mass is 391 g/mol. The van der Waals surface area contributed by atoms with Gasteiger partial charge in [-0.1, -0.05) is 72.4 Å². The van der Waals surface area contributed by atoms with Gasteiger partial charge in [-0.15, -0.1) is 10.2 Å². The van der Waals surface area contributed by atoms with Crippen LogP contribution in [0.1, 0.15) is 11.7 Å². The molecule has 0 aliphatic carbocycles. The van der Waals surface area contributed by atoms with Gasteiger partial charge in [-0.25, -0.2) is 4.39 Å². The molecule has 28 heavy (non-hydrogen) atoms. The Bertz CT molecular complexity index is 1040. The first-order valence-corrected chi connectivity index (χ1v) is 9.83. The molecule has 0 fully saturated rings. The molecule has 1 atom stereocenters. The van der Waals surface area contributed by atoms with Gasteiger partial charge in [0.15, 0.2) is 11.0 Å². The summed E-state index contributed by atoms with van der Waals surface area (Å²) in [6.45, 7) is 0. The molecule has 0 bridgehead atoms. The van der Waals surface area contributed by atoms with Crippen LogP contribution in [0.2, 0.25) is 0 Å². The molecule has 0 saturated carbocycles. The lowest BCUT2D eigenvalue weighted by Gasteiger charge is -2.13. The van der Waals surface area contributed by atoms with Crippen molar-refractivity contribution < 1.29 is 9.50 Å². The van der Waals surface area contributed by atoms with E-state index in [1.165, 1.54) is 23.9 Å². The van der Waals surface area contributed by atoms with E-state index in [1.54, 1.807) is 12.1 Å². The van der Waals surface area contributed by atoms with Crippen LogP contribution in [-0.2, 0) is 0 Å². The summed E-state index contributed by atoms with van der Waals surface area (Å²) in [6, 6.07) is 25.5. The van der Waals surface area contributed by atoms with Gasteiger partial charge in [-0.2, -0.15) is 0 Å². The van der Waals surface area contributed by atoms with Gasteiger partial charge >= 0.3 is 0 Å². The lowest BCUT2D eigenvalue weighted by Crippen LogP contribution is -2.03. The molecule has 3 aromatic carbocycles. The van der Waals surface area contributed by atoms with Crippen molar-refractivity contribution in [1.29, 1.82) is 0 Å². The Morgan fingerprint density at radius 1 is 0.857 bits per heavy atom. The van der Waals surface area contributed by atoms with E-state index in [0.29, 0.717) is 16.7 Å². The summed E-state index contributed by atoms with van der Waals surface area (Å²) in [4.78, 5) is 0. The SMILES string of the molecule is OC(CSc1nnc(-c2ccccc2)n1-c1ccc(F)cc1)c1ccccc1. The largest absolute Gasteiger partial charge is 0.388 e. The Morgan fingerprint density at radius 2 is 1.50 bits per heavy atom. The predicted octanol–water partition coefficient (Wildman–Crippen LogP) is 4.90. The number of hydrogen-bond acceptors (Lipinski definition) is 4. The molecular weight excluding hydrogens is 373 g/mol. The van der Waals surface area contributed by atoms with Crippen LogP contribution < -0.4 is 0 Å². The number of aromatic nitrogens is 3. The second kappa shape index (κ2) is 8.37. The zero-order chi connectivity index (χ0) is 19.3. The third kappa shape index (κ3) is 3.98. The second-order valence-corrected chi connectivity index (χ2v) is 7.21. The molecule has 0 aliphatic heterocycles. The second-order valence-electron chi connectivity index (χ2n) is 6.22. The van der Waals surface area contributed by atoms with Gasteiger partial charge in [0.25, 0.3) is 0 Å². The van der Waals surface area contributed by atoms with Crippen LogP contribution in [0.5, 0.6) is 0 Å². The highest BCUT2D eigenvalue weighted by Gasteiger charge is 2.18. The van der Waals surface area contributed by atoms with Crippen molar-refractivity contribution in [2.45, 2.75) is 11.3 Å². The summed E-state index contributed by atoms with van der Waals surface area (Å²) in [6.07, 6.45) is -0.621. The summed E-state index contributed by atoms with van der Waals surface area (Å²) in [5.74, 6) is 0.800. The summed E-state index contributed by atoms with van der Waals surface area (Å²) in [7, 11) is 0. The topological polar surface area (TPSA) is 50.9 Å². The van der Waals surface area contributed by atoms with Crippen molar-refractivity contribution in [2.24, 2.45) is 0 Å². The zero-order valence-corrected chi connectivity index (χ0v) is 15.8. The van der Waals surface area contributed by atoms with Crippen molar-refractivity contribution in [3.8, 4) is 17.1 Å². The zero-order valence-electron chi connectivity index (χ0n) is 14.9. The third-order valence-corrected chi connectivity index (χ3v) is 5.31. The average Bonchev–Trinajstić information content (AvgIpc) is 3.18. The first-order chi connectivity index (χ1) is 13.7. The smallest absolute Gasteiger partial charge is 0.196 e.